The van der Waals surface area contributed by atoms with Crippen LogP contribution in [0.3, 0.4) is 0 Å². The van der Waals surface area contributed by atoms with E-state index in [1.54, 1.807) is 55.0 Å². The zero-order chi connectivity index (χ0) is 15.8. The molecule has 7 heteroatoms. The zero-order valence-corrected chi connectivity index (χ0v) is 11.9. The number of para-hydroxylation sites is 1. The van der Waals surface area contributed by atoms with Gasteiger partial charge in [0.25, 0.3) is 11.1 Å². The summed E-state index contributed by atoms with van der Waals surface area (Å²) in [6.45, 7) is 0. The van der Waals surface area contributed by atoms with E-state index in [-0.39, 0.29) is 17.1 Å². The second kappa shape index (κ2) is 5.06. The standard InChI is InChI=1S/C16H11N5O2/c22-14-11-5-1-2-6-13(11)19-16(20-14)21-15(23)12(9-18-21)10-4-3-7-17-8-10/h1-9,18H,(H,19,20,22). The fourth-order valence-corrected chi connectivity index (χ4v) is 2.44. The van der Waals surface area contributed by atoms with E-state index in [0.29, 0.717) is 22.0 Å². The number of pyridine rings is 1. The van der Waals surface area contributed by atoms with Crippen molar-refractivity contribution in [3.63, 3.8) is 0 Å². The highest BCUT2D eigenvalue weighted by molar-refractivity contribution is 5.77. The lowest BCUT2D eigenvalue weighted by atomic mass is 10.2. The number of aromatic nitrogens is 5. The maximum atomic E-state index is 12.6. The molecule has 4 rings (SSSR count). The first-order valence-electron chi connectivity index (χ1n) is 6.94. The molecule has 0 saturated carbocycles. The Morgan fingerprint density at radius 1 is 1.04 bits per heavy atom. The molecule has 0 aliphatic carbocycles. The number of fused-ring (bicyclic) bond motifs is 1. The molecule has 3 aromatic heterocycles. The SMILES string of the molecule is O=c1[nH]c(-n2[nH]cc(-c3cccnc3)c2=O)nc2ccccc12. The summed E-state index contributed by atoms with van der Waals surface area (Å²) < 4.78 is 1.20. The van der Waals surface area contributed by atoms with Gasteiger partial charge in [0.1, 0.15) is 0 Å². The van der Waals surface area contributed by atoms with E-state index in [2.05, 4.69) is 20.1 Å². The maximum Gasteiger partial charge on any atom is 0.281 e. The molecular formula is C16H11N5O2. The van der Waals surface area contributed by atoms with Crippen molar-refractivity contribution >= 4 is 10.9 Å². The number of nitrogens with one attached hydrogen (secondary N) is 2. The summed E-state index contributed by atoms with van der Waals surface area (Å²) in [5, 5.41) is 3.30. The van der Waals surface area contributed by atoms with Crippen molar-refractivity contribution in [2.45, 2.75) is 0 Å². The third kappa shape index (κ3) is 2.15. The van der Waals surface area contributed by atoms with Crippen LogP contribution >= 0.6 is 0 Å². The summed E-state index contributed by atoms with van der Waals surface area (Å²) in [5.41, 5.74) is 1.06. The molecule has 0 amide bonds. The van der Waals surface area contributed by atoms with Crippen LogP contribution in [0.1, 0.15) is 0 Å². The van der Waals surface area contributed by atoms with E-state index in [4.69, 9.17) is 0 Å². The number of nitrogens with zero attached hydrogens (tertiary/aromatic N) is 3. The van der Waals surface area contributed by atoms with Gasteiger partial charge in [0.05, 0.1) is 16.5 Å². The molecule has 7 nitrogen and oxygen atoms in total. The molecule has 23 heavy (non-hydrogen) atoms. The minimum absolute atomic E-state index is 0.147. The van der Waals surface area contributed by atoms with Crippen LogP contribution in [0.25, 0.3) is 28.0 Å². The van der Waals surface area contributed by atoms with Crippen LogP contribution in [-0.2, 0) is 0 Å². The molecule has 112 valence electrons. The van der Waals surface area contributed by atoms with Crippen LogP contribution in [0.5, 0.6) is 0 Å². The summed E-state index contributed by atoms with van der Waals surface area (Å²) in [7, 11) is 0. The van der Waals surface area contributed by atoms with Gasteiger partial charge >= 0.3 is 0 Å². The van der Waals surface area contributed by atoms with Gasteiger partial charge < -0.3 is 0 Å². The Morgan fingerprint density at radius 3 is 2.74 bits per heavy atom. The van der Waals surface area contributed by atoms with E-state index in [1.807, 2.05) is 0 Å². The molecular weight excluding hydrogens is 294 g/mol. The molecule has 0 bridgehead atoms. The quantitative estimate of drug-likeness (QED) is 0.586. The summed E-state index contributed by atoms with van der Waals surface area (Å²) in [5.74, 6) is 0.147. The molecule has 2 N–H and O–H groups in total. The van der Waals surface area contributed by atoms with Gasteiger partial charge in [-0.1, -0.05) is 18.2 Å². The Morgan fingerprint density at radius 2 is 1.91 bits per heavy atom. The zero-order valence-electron chi connectivity index (χ0n) is 11.9. The molecule has 3 heterocycles. The van der Waals surface area contributed by atoms with Crippen LogP contribution in [0, 0.1) is 0 Å². The van der Waals surface area contributed by atoms with Crippen LogP contribution in [0.4, 0.5) is 0 Å². The highest BCUT2D eigenvalue weighted by Crippen LogP contribution is 2.13. The predicted molar refractivity (Wildman–Crippen MR) is 85.5 cm³/mol. The average molecular weight is 305 g/mol. The first-order chi connectivity index (χ1) is 11.2. The number of aromatic amines is 2. The van der Waals surface area contributed by atoms with Gasteiger partial charge in [0, 0.05) is 24.2 Å². The molecule has 0 spiro atoms. The minimum Gasteiger partial charge on any atom is -0.295 e. The number of H-pyrrole nitrogens is 2. The summed E-state index contributed by atoms with van der Waals surface area (Å²) in [4.78, 5) is 35.6. The van der Waals surface area contributed by atoms with Gasteiger partial charge in [-0.3, -0.25) is 24.7 Å². The largest absolute Gasteiger partial charge is 0.295 e. The molecule has 0 saturated heterocycles. The van der Waals surface area contributed by atoms with Gasteiger partial charge in [-0.05, 0) is 18.2 Å². The van der Waals surface area contributed by atoms with Crippen molar-refractivity contribution in [1.29, 1.82) is 0 Å². The topological polar surface area (TPSA) is 96.4 Å². The minimum atomic E-state index is -0.309. The Bertz CT molecular complexity index is 1110. The molecule has 0 unspecified atom stereocenters. The number of rotatable bonds is 2. The monoisotopic (exact) mass is 305 g/mol. The number of hydrogen-bond donors (Lipinski definition) is 2. The van der Waals surface area contributed by atoms with Crippen LogP contribution in [0.15, 0.2) is 64.6 Å². The smallest absolute Gasteiger partial charge is 0.281 e. The van der Waals surface area contributed by atoms with Gasteiger partial charge in [-0.25, -0.2) is 4.98 Å². The summed E-state index contributed by atoms with van der Waals surface area (Å²) >= 11 is 0. The molecule has 0 atom stereocenters. The van der Waals surface area contributed by atoms with Gasteiger partial charge in [0.15, 0.2) is 0 Å². The number of benzene rings is 1. The van der Waals surface area contributed by atoms with E-state index < -0.39 is 0 Å². The number of hydrogen-bond acceptors (Lipinski definition) is 4. The first-order valence-corrected chi connectivity index (χ1v) is 6.94. The lowest BCUT2D eigenvalue weighted by Crippen LogP contribution is -2.22. The van der Waals surface area contributed by atoms with Crippen LogP contribution in [0.2, 0.25) is 0 Å². The maximum absolute atomic E-state index is 12.6. The van der Waals surface area contributed by atoms with Gasteiger partial charge in [-0.2, -0.15) is 4.68 Å². The van der Waals surface area contributed by atoms with Crippen LogP contribution < -0.4 is 11.1 Å². The lowest BCUT2D eigenvalue weighted by molar-refractivity contribution is 0.785. The molecule has 0 aliphatic rings. The predicted octanol–water partition coefficient (Wildman–Crippen LogP) is 1.46. The molecule has 1 aromatic carbocycles. The summed E-state index contributed by atoms with van der Waals surface area (Å²) in [6.07, 6.45) is 4.80. The first kappa shape index (κ1) is 13.2. The van der Waals surface area contributed by atoms with Crippen molar-refractivity contribution in [2.24, 2.45) is 0 Å². The highest BCUT2D eigenvalue weighted by atomic mass is 16.1. The van der Waals surface area contributed by atoms with Crippen molar-refractivity contribution < 1.29 is 0 Å². The lowest BCUT2D eigenvalue weighted by Gasteiger charge is -2.02. The van der Waals surface area contributed by atoms with Gasteiger partial charge in [0.2, 0.25) is 5.95 Å². The van der Waals surface area contributed by atoms with Crippen LogP contribution in [-0.4, -0.2) is 24.7 Å². The highest BCUT2D eigenvalue weighted by Gasteiger charge is 2.12. The van der Waals surface area contributed by atoms with E-state index in [9.17, 15) is 9.59 Å². The average Bonchev–Trinajstić information content (AvgIpc) is 2.97. The van der Waals surface area contributed by atoms with Crippen molar-refractivity contribution in [1.82, 2.24) is 24.7 Å². The third-order valence-corrected chi connectivity index (χ3v) is 3.56. The fraction of sp³-hybridized carbons (Fsp3) is 0. The second-order valence-electron chi connectivity index (χ2n) is 4.98. The van der Waals surface area contributed by atoms with Crippen molar-refractivity contribution in [3.05, 3.63) is 75.7 Å². The third-order valence-electron chi connectivity index (χ3n) is 3.56. The Kier molecular flexibility index (Phi) is 2.90. The van der Waals surface area contributed by atoms with Crippen molar-refractivity contribution in [2.75, 3.05) is 0 Å². The molecule has 0 fully saturated rings. The van der Waals surface area contributed by atoms with Gasteiger partial charge in [-0.15, -0.1) is 0 Å². The van der Waals surface area contributed by atoms with E-state index in [1.165, 1.54) is 4.68 Å². The second-order valence-corrected chi connectivity index (χ2v) is 4.98. The normalized spacial score (nSPS) is 11.0. The van der Waals surface area contributed by atoms with E-state index in [0.717, 1.165) is 0 Å². The Balaban J connectivity index is 1.91. The molecule has 0 aliphatic heterocycles. The molecule has 0 radical (unpaired) electrons. The Hall–Kier alpha value is -3.48. The summed E-state index contributed by atoms with van der Waals surface area (Å²) in [6, 6.07) is 10.5. The fourth-order valence-electron chi connectivity index (χ4n) is 2.44. The molecule has 4 aromatic rings. The van der Waals surface area contributed by atoms with E-state index >= 15 is 0 Å². The van der Waals surface area contributed by atoms with Crippen molar-refractivity contribution in [3.8, 4) is 17.1 Å². The Labute approximate surface area is 129 Å².